The van der Waals surface area contributed by atoms with E-state index in [4.69, 9.17) is 52.1 Å². The second kappa shape index (κ2) is 34.3. The molecule has 0 heterocycles. The van der Waals surface area contributed by atoms with Crippen LogP contribution >= 0.6 is 0 Å². The molecular formula is C28H56O12. The topological polar surface area (TPSA) is 119 Å². The molecule has 0 aromatic carbocycles. The van der Waals surface area contributed by atoms with E-state index in [0.29, 0.717) is 138 Å². The zero-order valence-corrected chi connectivity index (χ0v) is 25.2. The smallest absolute Gasteiger partial charge is 0.308 e. The van der Waals surface area contributed by atoms with E-state index in [-0.39, 0.29) is 12.4 Å². The van der Waals surface area contributed by atoms with Gasteiger partial charge < -0.3 is 52.1 Å². The largest absolute Gasteiger partial charge is 0.466 e. The summed E-state index contributed by atoms with van der Waals surface area (Å²) in [5, 5.41) is 0. The number of carbonyl (C=O) groups excluding carboxylic acids is 1. The Kier molecular flexibility index (Phi) is 33.5. The molecule has 12 heteroatoms. The van der Waals surface area contributed by atoms with E-state index in [0.717, 1.165) is 13.0 Å². The minimum atomic E-state index is -0.248. The molecule has 0 N–H and O–H groups in total. The van der Waals surface area contributed by atoms with Crippen molar-refractivity contribution < 1.29 is 56.9 Å². The van der Waals surface area contributed by atoms with E-state index in [2.05, 4.69) is 13.8 Å². The number of carbonyl (C=O) groups is 1. The summed E-state index contributed by atoms with van der Waals surface area (Å²) in [6.45, 7) is 16.9. The van der Waals surface area contributed by atoms with Crippen LogP contribution in [0, 0.1) is 5.92 Å². The Balaban J connectivity index is 3.06. The van der Waals surface area contributed by atoms with Crippen molar-refractivity contribution in [2.24, 2.45) is 5.92 Å². The number of ether oxygens (including phenoxy) is 11. The Labute approximate surface area is 241 Å². The molecule has 0 rings (SSSR count). The van der Waals surface area contributed by atoms with E-state index in [1.54, 1.807) is 6.92 Å². The molecule has 0 aliphatic carbocycles. The molecule has 1 atom stereocenters. The van der Waals surface area contributed by atoms with E-state index in [9.17, 15) is 4.79 Å². The van der Waals surface area contributed by atoms with E-state index >= 15 is 0 Å². The lowest BCUT2D eigenvalue weighted by Crippen LogP contribution is -2.15. The summed E-state index contributed by atoms with van der Waals surface area (Å²) in [5.74, 6) is 0.348. The van der Waals surface area contributed by atoms with Gasteiger partial charge in [0.1, 0.15) is 0 Å². The van der Waals surface area contributed by atoms with Crippen LogP contribution < -0.4 is 0 Å². The highest BCUT2D eigenvalue weighted by atomic mass is 16.6. The minimum Gasteiger partial charge on any atom is -0.466 e. The minimum absolute atomic E-state index is 0.248. The number of hydrogen-bond donors (Lipinski definition) is 0. The van der Waals surface area contributed by atoms with E-state index < -0.39 is 0 Å². The predicted octanol–water partition coefficient (Wildman–Crippen LogP) is 2.15. The molecule has 0 aliphatic heterocycles. The van der Waals surface area contributed by atoms with Crippen molar-refractivity contribution >= 4 is 5.97 Å². The Bertz CT molecular complexity index is 498. The number of rotatable bonds is 34. The Morgan fingerprint density at radius 2 is 0.725 bits per heavy atom. The van der Waals surface area contributed by atoms with Crippen LogP contribution in [-0.4, -0.2) is 145 Å². The zero-order valence-electron chi connectivity index (χ0n) is 25.2. The van der Waals surface area contributed by atoms with Gasteiger partial charge in [0.2, 0.25) is 0 Å². The summed E-state index contributed by atoms with van der Waals surface area (Å²) in [6, 6.07) is 0. The molecule has 0 saturated carbocycles. The summed E-state index contributed by atoms with van der Waals surface area (Å²) in [5.41, 5.74) is 0. The monoisotopic (exact) mass is 584 g/mol. The molecule has 0 aromatic rings. The van der Waals surface area contributed by atoms with Crippen LogP contribution in [0.1, 0.15) is 33.6 Å². The number of hydrogen-bond acceptors (Lipinski definition) is 12. The van der Waals surface area contributed by atoms with Crippen molar-refractivity contribution in [1.29, 1.82) is 0 Å². The fourth-order valence-electron chi connectivity index (χ4n) is 2.77. The van der Waals surface area contributed by atoms with Gasteiger partial charge in [-0.2, -0.15) is 0 Å². The van der Waals surface area contributed by atoms with Gasteiger partial charge in [0.25, 0.3) is 0 Å². The molecule has 0 saturated heterocycles. The van der Waals surface area contributed by atoms with E-state index in [1.165, 1.54) is 0 Å². The fraction of sp³-hybridized carbons (Fsp3) is 0.964. The van der Waals surface area contributed by atoms with Crippen LogP contribution in [0.25, 0.3) is 0 Å². The molecule has 0 amide bonds. The van der Waals surface area contributed by atoms with Crippen molar-refractivity contribution in [1.82, 2.24) is 0 Å². The van der Waals surface area contributed by atoms with Gasteiger partial charge in [0.15, 0.2) is 0 Å². The molecule has 240 valence electrons. The van der Waals surface area contributed by atoms with Gasteiger partial charge in [-0.05, 0) is 12.8 Å². The maximum Gasteiger partial charge on any atom is 0.308 e. The molecule has 12 nitrogen and oxygen atoms in total. The summed E-state index contributed by atoms with van der Waals surface area (Å²) < 4.78 is 59.2. The van der Waals surface area contributed by atoms with Crippen LogP contribution in [0.15, 0.2) is 0 Å². The van der Waals surface area contributed by atoms with Crippen LogP contribution in [0.5, 0.6) is 0 Å². The van der Waals surface area contributed by atoms with Gasteiger partial charge in [0.05, 0.1) is 139 Å². The van der Waals surface area contributed by atoms with Crippen molar-refractivity contribution in [3.8, 4) is 0 Å². The summed E-state index contributed by atoms with van der Waals surface area (Å²) in [4.78, 5) is 11.1. The van der Waals surface area contributed by atoms with Crippen LogP contribution in [-0.2, 0) is 56.9 Å². The molecule has 0 radical (unpaired) electrons. The normalized spacial score (nSPS) is 12.2. The standard InChI is InChI=1S/C28H56O12/c1-4-27(3)26-39-25-24-38-23-22-37-21-20-36-19-18-35-17-16-34-15-14-33-13-12-32-11-10-31-9-8-30-7-6-28(29)40-5-2/h27H,4-26H2,1-3H3. The molecule has 1 unspecified atom stereocenters. The SMILES string of the molecule is CCOC(=O)CCOCCOCCOCCOCCOCCOCCOCCOCCOCCOCC(C)CC. The summed E-state index contributed by atoms with van der Waals surface area (Å²) in [7, 11) is 0. The van der Waals surface area contributed by atoms with Crippen molar-refractivity contribution in [3.63, 3.8) is 0 Å². The third-order valence-electron chi connectivity index (χ3n) is 5.20. The lowest BCUT2D eigenvalue weighted by atomic mass is 10.1. The van der Waals surface area contributed by atoms with Gasteiger partial charge in [-0.15, -0.1) is 0 Å². The Hall–Kier alpha value is -0.930. The summed E-state index contributed by atoms with van der Waals surface area (Å²) >= 11 is 0. The molecule has 0 spiro atoms. The molecular weight excluding hydrogens is 528 g/mol. The first-order valence-electron chi connectivity index (χ1n) is 14.6. The lowest BCUT2D eigenvalue weighted by Gasteiger charge is -2.10. The second-order valence-electron chi connectivity index (χ2n) is 8.65. The fourth-order valence-corrected chi connectivity index (χ4v) is 2.77. The highest BCUT2D eigenvalue weighted by molar-refractivity contribution is 5.69. The third kappa shape index (κ3) is 33.3. The molecule has 0 fully saturated rings. The van der Waals surface area contributed by atoms with Crippen molar-refractivity contribution in [3.05, 3.63) is 0 Å². The van der Waals surface area contributed by atoms with Gasteiger partial charge in [-0.25, -0.2) is 0 Å². The first-order valence-corrected chi connectivity index (χ1v) is 14.6. The first-order chi connectivity index (χ1) is 19.7. The maximum absolute atomic E-state index is 11.1. The van der Waals surface area contributed by atoms with Crippen LogP contribution in [0.2, 0.25) is 0 Å². The van der Waals surface area contributed by atoms with Gasteiger partial charge in [-0.3, -0.25) is 4.79 Å². The Morgan fingerprint density at radius 3 is 1.00 bits per heavy atom. The highest BCUT2D eigenvalue weighted by Gasteiger charge is 2.01. The first kappa shape index (κ1) is 39.1. The Morgan fingerprint density at radius 1 is 0.450 bits per heavy atom. The lowest BCUT2D eigenvalue weighted by molar-refractivity contribution is -0.144. The van der Waals surface area contributed by atoms with Crippen LogP contribution in [0.3, 0.4) is 0 Å². The molecule has 0 aliphatic rings. The summed E-state index contributed by atoms with van der Waals surface area (Å²) in [6.07, 6.45) is 1.39. The molecule has 40 heavy (non-hydrogen) atoms. The average Bonchev–Trinajstić information content (AvgIpc) is 2.95. The van der Waals surface area contributed by atoms with Gasteiger partial charge >= 0.3 is 5.97 Å². The second-order valence-corrected chi connectivity index (χ2v) is 8.65. The number of esters is 1. The van der Waals surface area contributed by atoms with E-state index in [1.807, 2.05) is 0 Å². The van der Waals surface area contributed by atoms with Crippen molar-refractivity contribution in [2.75, 3.05) is 139 Å². The third-order valence-corrected chi connectivity index (χ3v) is 5.20. The quantitative estimate of drug-likeness (QED) is 0.0814. The molecule has 0 bridgehead atoms. The van der Waals surface area contributed by atoms with Crippen molar-refractivity contribution in [2.45, 2.75) is 33.6 Å². The predicted molar refractivity (Wildman–Crippen MR) is 149 cm³/mol. The highest BCUT2D eigenvalue weighted by Crippen LogP contribution is 2.00. The zero-order chi connectivity index (χ0) is 29.2. The molecule has 0 aromatic heterocycles. The average molecular weight is 585 g/mol. The van der Waals surface area contributed by atoms with Gasteiger partial charge in [0, 0.05) is 6.61 Å². The maximum atomic E-state index is 11.1. The van der Waals surface area contributed by atoms with Gasteiger partial charge in [-0.1, -0.05) is 20.3 Å². The van der Waals surface area contributed by atoms with Crippen LogP contribution in [0.4, 0.5) is 0 Å².